The molecule has 2 N–H and O–H groups in total. The number of benzene rings is 2. The molecule has 0 radical (unpaired) electrons. The van der Waals surface area contributed by atoms with Crippen molar-refractivity contribution in [2.45, 2.75) is 23.8 Å². The van der Waals surface area contributed by atoms with Crippen molar-refractivity contribution in [1.82, 2.24) is 5.32 Å². The number of nitrogens with one attached hydrogen (secondary N) is 2. The van der Waals surface area contributed by atoms with E-state index in [2.05, 4.69) is 10.6 Å². The van der Waals surface area contributed by atoms with E-state index in [0.29, 0.717) is 5.56 Å². The summed E-state index contributed by atoms with van der Waals surface area (Å²) in [5, 5.41) is 5.79. The first-order chi connectivity index (χ1) is 10.8. The van der Waals surface area contributed by atoms with Gasteiger partial charge in [-0.2, -0.15) is 0 Å². The van der Waals surface area contributed by atoms with Crippen molar-refractivity contribution in [2.24, 2.45) is 0 Å². The molecule has 2 aromatic rings. The molecule has 122 valence electrons. The summed E-state index contributed by atoms with van der Waals surface area (Å²) in [5.74, 6) is -0.317. The summed E-state index contributed by atoms with van der Waals surface area (Å²) in [6, 6.07) is 14.7. The van der Waals surface area contributed by atoms with Crippen LogP contribution in [0.5, 0.6) is 0 Å². The fourth-order valence-corrected chi connectivity index (χ4v) is 2.34. The SMILES string of the molecule is Cc1ccc(C(=O)N[C@@H](Nc2ccccc2C)C(Cl)(Cl)Cl)cc1. The topological polar surface area (TPSA) is 41.1 Å². The standard InChI is InChI=1S/C17H17Cl3N2O/c1-11-7-9-13(10-8-11)15(23)22-16(17(18,19)20)21-14-6-4-3-5-12(14)2/h3-10,16,21H,1-2H3,(H,22,23)/t16-/m1/s1. The summed E-state index contributed by atoms with van der Waals surface area (Å²) in [6.45, 7) is 3.88. The molecule has 6 heteroatoms. The lowest BCUT2D eigenvalue weighted by Gasteiger charge is -2.28. The van der Waals surface area contributed by atoms with Crippen LogP contribution in [0.25, 0.3) is 0 Å². The second-order valence-corrected chi connectivity index (χ2v) is 7.64. The average Bonchev–Trinajstić information content (AvgIpc) is 2.48. The smallest absolute Gasteiger partial charge is 0.252 e. The number of para-hydroxylation sites is 1. The third-order valence-corrected chi connectivity index (χ3v) is 4.02. The van der Waals surface area contributed by atoms with Gasteiger partial charge in [-0.25, -0.2) is 0 Å². The summed E-state index contributed by atoms with van der Waals surface area (Å²) in [5.41, 5.74) is 3.34. The van der Waals surface area contributed by atoms with Crippen LogP contribution in [0, 0.1) is 13.8 Å². The monoisotopic (exact) mass is 370 g/mol. The first kappa shape index (κ1) is 17.9. The summed E-state index contributed by atoms with van der Waals surface area (Å²) in [7, 11) is 0. The summed E-state index contributed by atoms with van der Waals surface area (Å²) in [6.07, 6.45) is -0.873. The van der Waals surface area contributed by atoms with Crippen LogP contribution in [0.3, 0.4) is 0 Å². The number of carbonyl (C=O) groups excluding carboxylic acids is 1. The van der Waals surface area contributed by atoms with E-state index in [4.69, 9.17) is 34.8 Å². The van der Waals surface area contributed by atoms with Crippen LogP contribution in [-0.4, -0.2) is 15.9 Å². The molecule has 23 heavy (non-hydrogen) atoms. The maximum absolute atomic E-state index is 12.4. The number of anilines is 1. The second-order valence-electron chi connectivity index (χ2n) is 5.27. The van der Waals surface area contributed by atoms with Gasteiger partial charge >= 0.3 is 0 Å². The zero-order valence-electron chi connectivity index (χ0n) is 12.7. The number of carbonyl (C=O) groups is 1. The fraction of sp³-hybridized carbons (Fsp3) is 0.235. The van der Waals surface area contributed by atoms with Crippen LogP contribution < -0.4 is 10.6 Å². The summed E-state index contributed by atoms with van der Waals surface area (Å²) in [4.78, 5) is 12.4. The van der Waals surface area contributed by atoms with E-state index in [1.807, 2.05) is 50.2 Å². The lowest BCUT2D eigenvalue weighted by atomic mass is 10.1. The van der Waals surface area contributed by atoms with Gasteiger partial charge in [-0.15, -0.1) is 0 Å². The molecule has 3 nitrogen and oxygen atoms in total. The largest absolute Gasteiger partial charge is 0.362 e. The zero-order chi connectivity index (χ0) is 17.0. The number of halogens is 3. The molecule has 2 rings (SSSR count). The Balaban J connectivity index is 2.18. The van der Waals surface area contributed by atoms with Crippen molar-refractivity contribution in [3.05, 3.63) is 65.2 Å². The Bertz CT molecular complexity index is 681. The highest BCUT2D eigenvalue weighted by Gasteiger charge is 2.34. The van der Waals surface area contributed by atoms with E-state index in [1.54, 1.807) is 12.1 Å². The molecule has 0 saturated carbocycles. The number of hydrogen-bond acceptors (Lipinski definition) is 2. The molecule has 0 unspecified atom stereocenters. The molecule has 0 heterocycles. The van der Waals surface area contributed by atoms with Gasteiger partial charge in [0.25, 0.3) is 5.91 Å². The van der Waals surface area contributed by atoms with Gasteiger partial charge in [0.05, 0.1) is 0 Å². The molecule has 0 aliphatic rings. The Morgan fingerprint density at radius 3 is 2.17 bits per heavy atom. The van der Waals surface area contributed by atoms with Gasteiger partial charge in [-0.1, -0.05) is 70.7 Å². The summed E-state index contributed by atoms with van der Waals surface area (Å²) < 4.78 is -1.71. The highest BCUT2D eigenvalue weighted by molar-refractivity contribution is 6.68. The van der Waals surface area contributed by atoms with Crippen molar-refractivity contribution in [3.63, 3.8) is 0 Å². The van der Waals surface area contributed by atoms with Gasteiger partial charge in [0.15, 0.2) is 0 Å². The number of aryl methyl sites for hydroxylation is 2. The number of amides is 1. The maximum Gasteiger partial charge on any atom is 0.252 e. The molecule has 0 aromatic heterocycles. The van der Waals surface area contributed by atoms with E-state index < -0.39 is 9.96 Å². The number of hydrogen-bond donors (Lipinski definition) is 2. The fourth-order valence-electron chi connectivity index (χ4n) is 2.01. The van der Waals surface area contributed by atoms with E-state index in [1.165, 1.54) is 0 Å². The molecule has 0 fully saturated rings. The Hall–Kier alpha value is -1.42. The maximum atomic E-state index is 12.4. The van der Waals surface area contributed by atoms with E-state index in [0.717, 1.165) is 16.8 Å². The minimum absolute atomic E-state index is 0.317. The highest BCUT2D eigenvalue weighted by atomic mass is 35.6. The lowest BCUT2D eigenvalue weighted by Crippen LogP contribution is -2.49. The van der Waals surface area contributed by atoms with Gasteiger partial charge < -0.3 is 10.6 Å². The number of alkyl halides is 3. The lowest BCUT2D eigenvalue weighted by molar-refractivity contribution is 0.0942. The van der Waals surface area contributed by atoms with Crippen LogP contribution in [0.4, 0.5) is 5.69 Å². The quantitative estimate of drug-likeness (QED) is 0.596. The van der Waals surface area contributed by atoms with Crippen molar-refractivity contribution >= 4 is 46.4 Å². The average molecular weight is 372 g/mol. The molecule has 1 atom stereocenters. The molecular formula is C17H17Cl3N2O. The van der Waals surface area contributed by atoms with E-state index >= 15 is 0 Å². The van der Waals surface area contributed by atoms with Gasteiger partial charge in [0.2, 0.25) is 3.79 Å². The molecule has 0 spiro atoms. The Labute approximate surface area is 150 Å². The van der Waals surface area contributed by atoms with E-state index in [9.17, 15) is 4.79 Å². The molecular weight excluding hydrogens is 355 g/mol. The molecule has 0 saturated heterocycles. The van der Waals surface area contributed by atoms with Crippen molar-refractivity contribution in [3.8, 4) is 0 Å². The zero-order valence-corrected chi connectivity index (χ0v) is 15.0. The molecule has 1 amide bonds. The highest BCUT2D eigenvalue weighted by Crippen LogP contribution is 2.31. The van der Waals surface area contributed by atoms with E-state index in [-0.39, 0.29) is 5.91 Å². The third kappa shape index (κ3) is 5.03. The van der Waals surface area contributed by atoms with Crippen LogP contribution in [-0.2, 0) is 0 Å². The molecule has 0 aliphatic heterocycles. The van der Waals surface area contributed by atoms with Crippen LogP contribution in [0.15, 0.2) is 48.5 Å². The normalized spacial score (nSPS) is 12.6. The molecule has 0 aliphatic carbocycles. The first-order valence-electron chi connectivity index (χ1n) is 7.04. The van der Waals surface area contributed by atoms with Crippen molar-refractivity contribution in [1.29, 1.82) is 0 Å². The predicted molar refractivity (Wildman–Crippen MR) is 97.5 cm³/mol. The molecule has 2 aromatic carbocycles. The Morgan fingerprint density at radius 2 is 1.61 bits per heavy atom. The van der Waals surface area contributed by atoms with Gasteiger partial charge in [-0.3, -0.25) is 4.79 Å². The van der Waals surface area contributed by atoms with Crippen LogP contribution in [0.1, 0.15) is 21.5 Å². The van der Waals surface area contributed by atoms with Crippen LogP contribution >= 0.6 is 34.8 Å². The van der Waals surface area contributed by atoms with Gasteiger partial charge in [-0.05, 0) is 37.6 Å². The molecule has 0 bridgehead atoms. The third-order valence-electron chi connectivity index (χ3n) is 3.36. The van der Waals surface area contributed by atoms with Crippen molar-refractivity contribution < 1.29 is 4.79 Å². The minimum Gasteiger partial charge on any atom is -0.362 e. The minimum atomic E-state index is -1.71. The summed E-state index contributed by atoms with van der Waals surface area (Å²) >= 11 is 18.0. The van der Waals surface area contributed by atoms with Crippen LogP contribution in [0.2, 0.25) is 0 Å². The Morgan fingerprint density at radius 1 is 1.00 bits per heavy atom. The van der Waals surface area contributed by atoms with Crippen molar-refractivity contribution in [2.75, 3.05) is 5.32 Å². The second kappa shape index (κ2) is 7.43. The predicted octanol–water partition coefficient (Wildman–Crippen LogP) is 4.84. The first-order valence-corrected chi connectivity index (χ1v) is 8.17. The van der Waals surface area contributed by atoms with Gasteiger partial charge in [0.1, 0.15) is 6.17 Å². The number of rotatable bonds is 4. The Kier molecular flexibility index (Phi) is 5.79. The van der Waals surface area contributed by atoms with Gasteiger partial charge in [0, 0.05) is 11.3 Å².